The second-order valence-corrected chi connectivity index (χ2v) is 8.06. The maximum atomic E-state index is 14.3. The summed E-state index contributed by atoms with van der Waals surface area (Å²) in [6.07, 6.45) is 2.01. The van der Waals surface area contributed by atoms with Crippen LogP contribution in [-0.4, -0.2) is 44.1 Å². The van der Waals surface area contributed by atoms with Crippen molar-refractivity contribution < 1.29 is 18.7 Å². The van der Waals surface area contributed by atoms with Crippen molar-refractivity contribution in [1.29, 1.82) is 0 Å². The van der Waals surface area contributed by atoms with E-state index in [1.54, 1.807) is 13.2 Å². The fraction of sp³-hybridized carbons (Fsp3) is 0.417. The van der Waals surface area contributed by atoms with Crippen molar-refractivity contribution >= 4 is 17.5 Å². The van der Waals surface area contributed by atoms with E-state index in [0.29, 0.717) is 24.4 Å². The number of anilines is 1. The monoisotopic (exact) mass is 427 g/mol. The van der Waals surface area contributed by atoms with Crippen molar-refractivity contribution in [3.05, 3.63) is 59.4 Å². The molecule has 1 fully saturated rings. The van der Waals surface area contributed by atoms with Gasteiger partial charge >= 0.3 is 0 Å². The second kappa shape index (κ2) is 10.3. The maximum Gasteiger partial charge on any atom is 0.243 e. The predicted molar refractivity (Wildman–Crippen MR) is 119 cm³/mol. The highest BCUT2D eigenvalue weighted by Gasteiger charge is 2.27. The van der Waals surface area contributed by atoms with Crippen LogP contribution in [-0.2, 0) is 16.0 Å². The van der Waals surface area contributed by atoms with Gasteiger partial charge in [-0.2, -0.15) is 0 Å². The van der Waals surface area contributed by atoms with Gasteiger partial charge in [-0.15, -0.1) is 0 Å². The van der Waals surface area contributed by atoms with Crippen molar-refractivity contribution in [3.63, 3.8) is 0 Å². The van der Waals surface area contributed by atoms with Crippen molar-refractivity contribution in [2.75, 3.05) is 25.1 Å². The third-order valence-corrected chi connectivity index (χ3v) is 5.48. The van der Waals surface area contributed by atoms with Crippen molar-refractivity contribution in [2.45, 2.75) is 45.2 Å². The molecule has 2 aromatic carbocycles. The molecule has 0 saturated carbocycles. The molecular formula is C24H30FN3O3. The Morgan fingerprint density at radius 2 is 2.06 bits per heavy atom. The number of rotatable bonds is 7. The SMILES string of the molecule is COc1cccc(CC(NC(C)=O)C(=O)NC2CCCN(c3cc(C)ccc3F)C2)c1. The number of carbonyl (C=O) groups excluding carboxylic acids is 2. The van der Waals surface area contributed by atoms with Gasteiger partial charge in [-0.1, -0.05) is 18.2 Å². The second-order valence-electron chi connectivity index (χ2n) is 8.06. The number of hydrogen-bond donors (Lipinski definition) is 2. The lowest BCUT2D eigenvalue weighted by Crippen LogP contribution is -2.54. The van der Waals surface area contributed by atoms with Gasteiger partial charge in [-0.25, -0.2) is 4.39 Å². The Morgan fingerprint density at radius 3 is 2.81 bits per heavy atom. The lowest BCUT2D eigenvalue weighted by atomic mass is 10.0. The molecule has 31 heavy (non-hydrogen) atoms. The highest BCUT2D eigenvalue weighted by molar-refractivity contribution is 5.87. The van der Waals surface area contributed by atoms with Crippen LogP contribution in [0.5, 0.6) is 5.75 Å². The number of nitrogens with one attached hydrogen (secondary N) is 2. The molecule has 6 nitrogen and oxygen atoms in total. The van der Waals surface area contributed by atoms with Gasteiger partial charge in [0.05, 0.1) is 12.8 Å². The van der Waals surface area contributed by atoms with Crippen molar-refractivity contribution in [3.8, 4) is 5.75 Å². The van der Waals surface area contributed by atoms with E-state index in [1.807, 2.05) is 42.2 Å². The molecule has 0 aromatic heterocycles. The third kappa shape index (κ3) is 6.20. The first-order valence-corrected chi connectivity index (χ1v) is 10.6. The Hall–Kier alpha value is -3.09. The molecule has 166 valence electrons. The first kappa shape index (κ1) is 22.6. The van der Waals surface area contributed by atoms with E-state index in [-0.39, 0.29) is 23.7 Å². The highest BCUT2D eigenvalue weighted by Crippen LogP contribution is 2.24. The van der Waals surface area contributed by atoms with E-state index in [0.717, 1.165) is 30.5 Å². The van der Waals surface area contributed by atoms with E-state index in [4.69, 9.17) is 4.74 Å². The van der Waals surface area contributed by atoms with Gasteiger partial charge in [0.1, 0.15) is 17.6 Å². The van der Waals surface area contributed by atoms with E-state index in [1.165, 1.54) is 13.0 Å². The fourth-order valence-electron chi connectivity index (χ4n) is 3.97. The molecule has 2 aromatic rings. The Kier molecular flexibility index (Phi) is 7.50. The largest absolute Gasteiger partial charge is 0.497 e. The van der Waals surface area contributed by atoms with Crippen LogP contribution < -0.4 is 20.3 Å². The lowest BCUT2D eigenvalue weighted by molar-refractivity contribution is -0.128. The molecule has 2 atom stereocenters. The highest BCUT2D eigenvalue weighted by atomic mass is 19.1. The van der Waals surface area contributed by atoms with E-state index in [9.17, 15) is 14.0 Å². The summed E-state index contributed by atoms with van der Waals surface area (Å²) in [4.78, 5) is 26.7. The number of halogens is 1. The van der Waals surface area contributed by atoms with E-state index < -0.39 is 6.04 Å². The standard InChI is InChI=1S/C24H30FN3O3/c1-16-9-10-21(25)23(12-16)28-11-5-7-19(15-28)27-24(30)22(26-17(2)29)14-18-6-4-8-20(13-18)31-3/h4,6,8-10,12-13,19,22H,5,7,11,14-15H2,1-3H3,(H,26,29)(H,27,30). The Labute approximate surface area is 182 Å². The summed E-state index contributed by atoms with van der Waals surface area (Å²) in [6, 6.07) is 11.7. The van der Waals surface area contributed by atoms with Crippen LogP contribution in [0.4, 0.5) is 10.1 Å². The van der Waals surface area contributed by atoms with Gasteiger partial charge in [0.15, 0.2) is 0 Å². The number of aryl methyl sites for hydroxylation is 1. The van der Waals surface area contributed by atoms with Gasteiger partial charge in [-0.3, -0.25) is 9.59 Å². The minimum Gasteiger partial charge on any atom is -0.497 e. The number of methoxy groups -OCH3 is 1. The Bertz CT molecular complexity index is 934. The number of piperidine rings is 1. The first-order valence-electron chi connectivity index (χ1n) is 10.6. The maximum absolute atomic E-state index is 14.3. The Morgan fingerprint density at radius 1 is 1.26 bits per heavy atom. The summed E-state index contributed by atoms with van der Waals surface area (Å²) in [5, 5.41) is 5.81. The number of nitrogens with zero attached hydrogens (tertiary/aromatic N) is 1. The normalized spacial score (nSPS) is 17.0. The lowest BCUT2D eigenvalue weighted by Gasteiger charge is -2.35. The van der Waals surface area contributed by atoms with Gasteiger partial charge in [-0.05, 0) is 55.2 Å². The molecule has 2 unspecified atom stereocenters. The summed E-state index contributed by atoms with van der Waals surface area (Å²) >= 11 is 0. The minimum atomic E-state index is -0.698. The summed E-state index contributed by atoms with van der Waals surface area (Å²) in [5.74, 6) is -0.0703. The van der Waals surface area contributed by atoms with Gasteiger partial charge in [0.2, 0.25) is 11.8 Å². The zero-order valence-electron chi connectivity index (χ0n) is 18.3. The van der Waals surface area contributed by atoms with E-state index >= 15 is 0 Å². The molecule has 7 heteroatoms. The molecule has 0 bridgehead atoms. The van der Waals surface area contributed by atoms with Crippen molar-refractivity contribution in [2.24, 2.45) is 0 Å². The zero-order valence-corrected chi connectivity index (χ0v) is 18.3. The molecule has 1 saturated heterocycles. The van der Waals surface area contributed by atoms with Crippen LogP contribution in [0, 0.1) is 12.7 Å². The molecule has 0 radical (unpaired) electrons. The van der Waals surface area contributed by atoms with Crippen LogP contribution in [0.1, 0.15) is 30.9 Å². The molecular weight excluding hydrogens is 397 g/mol. The molecule has 2 amide bonds. The quantitative estimate of drug-likeness (QED) is 0.713. The number of hydrogen-bond acceptors (Lipinski definition) is 4. The molecule has 3 rings (SSSR count). The average molecular weight is 428 g/mol. The first-order chi connectivity index (χ1) is 14.9. The number of carbonyl (C=O) groups is 2. The molecule has 1 heterocycles. The van der Waals surface area contributed by atoms with E-state index in [2.05, 4.69) is 10.6 Å². The predicted octanol–water partition coefficient (Wildman–Crippen LogP) is 2.98. The third-order valence-electron chi connectivity index (χ3n) is 5.48. The van der Waals surface area contributed by atoms with Crippen molar-refractivity contribution in [1.82, 2.24) is 10.6 Å². The zero-order chi connectivity index (χ0) is 22.4. The molecule has 0 aliphatic carbocycles. The fourth-order valence-corrected chi connectivity index (χ4v) is 3.97. The summed E-state index contributed by atoms with van der Waals surface area (Å²) in [6.45, 7) is 4.60. The Balaban J connectivity index is 1.68. The molecule has 1 aliphatic heterocycles. The van der Waals surface area contributed by atoms with Gasteiger partial charge < -0.3 is 20.3 Å². The van der Waals surface area contributed by atoms with Crippen LogP contribution in [0.2, 0.25) is 0 Å². The average Bonchev–Trinajstić information content (AvgIpc) is 2.75. The molecule has 1 aliphatic rings. The molecule has 0 spiro atoms. The minimum absolute atomic E-state index is 0.122. The topological polar surface area (TPSA) is 70.7 Å². The number of benzene rings is 2. The van der Waals surface area contributed by atoms with Gasteiger partial charge in [0, 0.05) is 32.5 Å². The van der Waals surface area contributed by atoms with Crippen LogP contribution in [0.3, 0.4) is 0 Å². The van der Waals surface area contributed by atoms with Crippen LogP contribution in [0.25, 0.3) is 0 Å². The smallest absolute Gasteiger partial charge is 0.243 e. The van der Waals surface area contributed by atoms with Crippen LogP contribution >= 0.6 is 0 Å². The van der Waals surface area contributed by atoms with Crippen LogP contribution in [0.15, 0.2) is 42.5 Å². The number of ether oxygens (including phenoxy) is 1. The molecule has 2 N–H and O–H groups in total. The summed E-state index contributed by atoms with van der Waals surface area (Å²) in [5.41, 5.74) is 2.45. The summed E-state index contributed by atoms with van der Waals surface area (Å²) in [7, 11) is 1.59. The number of amides is 2. The van der Waals surface area contributed by atoms with Gasteiger partial charge in [0.25, 0.3) is 0 Å². The summed E-state index contributed by atoms with van der Waals surface area (Å²) < 4.78 is 19.6.